The summed E-state index contributed by atoms with van der Waals surface area (Å²) in [7, 11) is 1.62. The SMILES string of the molecule is COc1ccc(SCCC(=O)NC2(C(=O)O)CCC2)cc1. The summed E-state index contributed by atoms with van der Waals surface area (Å²) in [6.45, 7) is 0. The fourth-order valence-corrected chi connectivity index (χ4v) is 3.04. The first kappa shape index (κ1) is 15.7. The molecule has 2 rings (SSSR count). The number of carboxylic acids is 1. The van der Waals surface area contributed by atoms with Gasteiger partial charge < -0.3 is 15.2 Å². The molecule has 1 aliphatic rings. The van der Waals surface area contributed by atoms with E-state index in [0.717, 1.165) is 17.1 Å². The molecule has 1 aliphatic carbocycles. The van der Waals surface area contributed by atoms with Gasteiger partial charge in [-0.3, -0.25) is 4.79 Å². The van der Waals surface area contributed by atoms with Gasteiger partial charge in [0.25, 0.3) is 0 Å². The van der Waals surface area contributed by atoms with Gasteiger partial charge in [0.1, 0.15) is 11.3 Å². The number of benzene rings is 1. The molecular formula is C15H19NO4S. The van der Waals surface area contributed by atoms with Gasteiger partial charge in [-0.25, -0.2) is 4.79 Å². The molecule has 1 aromatic rings. The van der Waals surface area contributed by atoms with Crippen LogP contribution in [0.4, 0.5) is 0 Å². The Morgan fingerprint density at radius 1 is 1.33 bits per heavy atom. The average Bonchev–Trinajstić information content (AvgIpc) is 2.43. The first-order valence-electron chi connectivity index (χ1n) is 6.87. The van der Waals surface area contributed by atoms with Crippen molar-refractivity contribution in [2.45, 2.75) is 36.1 Å². The fourth-order valence-electron chi connectivity index (χ4n) is 2.19. The number of amides is 1. The van der Waals surface area contributed by atoms with E-state index in [2.05, 4.69) is 5.32 Å². The summed E-state index contributed by atoms with van der Waals surface area (Å²) in [5, 5.41) is 11.8. The minimum Gasteiger partial charge on any atom is -0.497 e. The van der Waals surface area contributed by atoms with E-state index < -0.39 is 11.5 Å². The number of aliphatic carboxylic acids is 1. The first-order valence-corrected chi connectivity index (χ1v) is 7.85. The number of methoxy groups -OCH3 is 1. The summed E-state index contributed by atoms with van der Waals surface area (Å²) in [5.74, 6) is 0.293. The van der Waals surface area contributed by atoms with Crippen LogP contribution in [0, 0.1) is 0 Å². The Hall–Kier alpha value is -1.69. The fraction of sp³-hybridized carbons (Fsp3) is 0.467. The van der Waals surface area contributed by atoms with Gasteiger partial charge in [-0.2, -0.15) is 0 Å². The number of nitrogens with one attached hydrogen (secondary N) is 1. The van der Waals surface area contributed by atoms with Gasteiger partial charge in [-0.05, 0) is 43.5 Å². The van der Waals surface area contributed by atoms with Crippen molar-refractivity contribution in [3.05, 3.63) is 24.3 Å². The Bertz CT molecular complexity index is 511. The minimum absolute atomic E-state index is 0.196. The molecule has 1 aromatic carbocycles. The molecule has 0 heterocycles. The number of carbonyl (C=O) groups is 2. The highest BCUT2D eigenvalue weighted by Gasteiger charge is 2.45. The van der Waals surface area contributed by atoms with Crippen LogP contribution in [-0.2, 0) is 9.59 Å². The molecule has 0 unspecified atom stereocenters. The lowest BCUT2D eigenvalue weighted by Gasteiger charge is -2.38. The second-order valence-corrected chi connectivity index (χ2v) is 6.23. The number of carbonyl (C=O) groups excluding carboxylic acids is 1. The number of carboxylic acid groups (broad SMARTS) is 1. The largest absolute Gasteiger partial charge is 0.497 e. The number of hydrogen-bond donors (Lipinski definition) is 2. The van der Waals surface area contributed by atoms with Crippen molar-refractivity contribution in [3.8, 4) is 5.75 Å². The lowest BCUT2D eigenvalue weighted by Crippen LogP contribution is -2.59. The molecule has 1 fully saturated rings. The maximum atomic E-state index is 11.8. The first-order chi connectivity index (χ1) is 10.1. The normalized spacial score (nSPS) is 15.9. The highest BCUT2D eigenvalue weighted by molar-refractivity contribution is 7.99. The van der Waals surface area contributed by atoms with Crippen LogP contribution in [0.1, 0.15) is 25.7 Å². The van der Waals surface area contributed by atoms with Crippen LogP contribution < -0.4 is 10.1 Å². The molecule has 0 aromatic heterocycles. The average molecular weight is 309 g/mol. The molecule has 0 spiro atoms. The number of hydrogen-bond acceptors (Lipinski definition) is 4. The molecule has 2 N–H and O–H groups in total. The summed E-state index contributed by atoms with van der Waals surface area (Å²) < 4.78 is 5.08. The summed E-state index contributed by atoms with van der Waals surface area (Å²) >= 11 is 1.56. The third-order valence-corrected chi connectivity index (χ3v) is 4.67. The van der Waals surface area contributed by atoms with E-state index in [1.54, 1.807) is 18.9 Å². The van der Waals surface area contributed by atoms with Crippen LogP contribution >= 0.6 is 11.8 Å². The minimum atomic E-state index is -1.01. The highest BCUT2D eigenvalue weighted by atomic mass is 32.2. The van der Waals surface area contributed by atoms with E-state index in [4.69, 9.17) is 9.84 Å². The summed E-state index contributed by atoms with van der Waals surface area (Å²) in [6, 6.07) is 7.62. The molecule has 0 bridgehead atoms. The third kappa shape index (κ3) is 3.91. The maximum absolute atomic E-state index is 11.8. The summed E-state index contributed by atoms with van der Waals surface area (Å²) in [4.78, 5) is 24.1. The van der Waals surface area contributed by atoms with Crippen LogP contribution in [0.15, 0.2) is 29.2 Å². The predicted octanol–water partition coefficient (Wildman–Crippen LogP) is 2.30. The second-order valence-electron chi connectivity index (χ2n) is 5.06. The summed E-state index contributed by atoms with van der Waals surface area (Å²) in [6.07, 6.45) is 2.22. The van der Waals surface area contributed by atoms with Crippen molar-refractivity contribution in [3.63, 3.8) is 0 Å². The maximum Gasteiger partial charge on any atom is 0.329 e. The lowest BCUT2D eigenvalue weighted by atomic mass is 9.76. The molecular weight excluding hydrogens is 290 g/mol. The molecule has 0 atom stereocenters. The number of thioether (sulfide) groups is 1. The Morgan fingerprint density at radius 3 is 2.48 bits per heavy atom. The zero-order valence-electron chi connectivity index (χ0n) is 11.9. The molecule has 1 amide bonds. The van der Waals surface area contributed by atoms with Crippen molar-refractivity contribution in [2.24, 2.45) is 0 Å². The van der Waals surface area contributed by atoms with Gasteiger partial charge in [0.05, 0.1) is 7.11 Å². The van der Waals surface area contributed by atoms with Crippen LogP contribution in [0.25, 0.3) is 0 Å². The standard InChI is InChI=1S/C15H19NO4S/c1-20-11-3-5-12(6-4-11)21-10-7-13(17)16-15(14(18)19)8-2-9-15/h3-6H,2,7-10H2,1H3,(H,16,17)(H,18,19). The van der Waals surface area contributed by atoms with Crippen molar-refractivity contribution in [1.82, 2.24) is 5.32 Å². The van der Waals surface area contributed by atoms with Gasteiger partial charge in [-0.15, -0.1) is 11.8 Å². The molecule has 5 nitrogen and oxygen atoms in total. The third-order valence-electron chi connectivity index (χ3n) is 3.65. The van der Waals surface area contributed by atoms with E-state index in [0.29, 0.717) is 25.0 Å². The van der Waals surface area contributed by atoms with Crippen molar-refractivity contribution >= 4 is 23.6 Å². The number of rotatable bonds is 7. The Kier molecular flexibility index (Phi) is 5.12. The molecule has 114 valence electrons. The molecule has 21 heavy (non-hydrogen) atoms. The van der Waals surface area contributed by atoms with Crippen LogP contribution in [0.2, 0.25) is 0 Å². The molecule has 0 radical (unpaired) electrons. The highest BCUT2D eigenvalue weighted by Crippen LogP contribution is 2.32. The lowest BCUT2D eigenvalue weighted by molar-refractivity contribution is -0.151. The quantitative estimate of drug-likeness (QED) is 0.756. The van der Waals surface area contributed by atoms with Crippen molar-refractivity contribution in [1.29, 1.82) is 0 Å². The van der Waals surface area contributed by atoms with Gasteiger partial charge in [0.2, 0.25) is 5.91 Å². The van der Waals surface area contributed by atoms with E-state index in [-0.39, 0.29) is 5.91 Å². The molecule has 1 saturated carbocycles. The van der Waals surface area contributed by atoms with Crippen molar-refractivity contribution in [2.75, 3.05) is 12.9 Å². The van der Waals surface area contributed by atoms with Crippen LogP contribution in [0.3, 0.4) is 0 Å². The van der Waals surface area contributed by atoms with E-state index >= 15 is 0 Å². The van der Waals surface area contributed by atoms with Gasteiger partial charge in [-0.1, -0.05) is 0 Å². The zero-order valence-corrected chi connectivity index (χ0v) is 12.7. The summed E-state index contributed by atoms with van der Waals surface area (Å²) in [5.41, 5.74) is -1.01. The van der Waals surface area contributed by atoms with Gasteiger partial charge in [0, 0.05) is 17.1 Å². The Labute approximate surface area is 128 Å². The Morgan fingerprint density at radius 2 is 2.00 bits per heavy atom. The molecule has 6 heteroatoms. The predicted molar refractivity (Wildman–Crippen MR) is 80.7 cm³/mol. The van der Waals surface area contributed by atoms with E-state index in [9.17, 15) is 9.59 Å². The van der Waals surface area contributed by atoms with Gasteiger partial charge >= 0.3 is 5.97 Å². The van der Waals surface area contributed by atoms with Crippen LogP contribution in [0.5, 0.6) is 5.75 Å². The number of ether oxygens (including phenoxy) is 1. The monoisotopic (exact) mass is 309 g/mol. The second kappa shape index (κ2) is 6.85. The topological polar surface area (TPSA) is 75.6 Å². The van der Waals surface area contributed by atoms with Crippen LogP contribution in [-0.4, -0.2) is 35.4 Å². The molecule has 0 aliphatic heterocycles. The molecule has 0 saturated heterocycles. The van der Waals surface area contributed by atoms with E-state index in [1.807, 2.05) is 24.3 Å². The van der Waals surface area contributed by atoms with Crippen molar-refractivity contribution < 1.29 is 19.4 Å². The Balaban J connectivity index is 1.75. The van der Waals surface area contributed by atoms with E-state index in [1.165, 1.54) is 0 Å². The van der Waals surface area contributed by atoms with Gasteiger partial charge in [0.15, 0.2) is 0 Å². The smallest absolute Gasteiger partial charge is 0.329 e. The zero-order chi connectivity index (χ0) is 15.3.